The van der Waals surface area contributed by atoms with E-state index >= 15 is 0 Å². The Morgan fingerprint density at radius 1 is 1.00 bits per heavy atom. The van der Waals surface area contributed by atoms with Crippen molar-refractivity contribution in [1.29, 1.82) is 0 Å². The van der Waals surface area contributed by atoms with Crippen LogP contribution in [0.5, 0.6) is 0 Å². The number of nitrogens with one attached hydrogen (secondary N) is 1. The molecule has 12 heteroatoms. The van der Waals surface area contributed by atoms with E-state index in [-0.39, 0.29) is 29.4 Å². The smallest absolute Gasteiger partial charge is 0.407 e. The molecule has 1 amide bonds. The van der Waals surface area contributed by atoms with Crippen LogP contribution < -0.4 is 5.32 Å². The number of unbranched alkanes of at least 4 members (excludes halogenated alkanes) is 1. The number of fused-ring (bicyclic) bond motifs is 1. The first-order valence-electron chi connectivity index (χ1n) is 16.3. The molecule has 3 aromatic carbocycles. The Morgan fingerprint density at radius 2 is 1.62 bits per heavy atom. The average molecular weight is 698 g/mol. The van der Waals surface area contributed by atoms with Gasteiger partial charge in [0.2, 0.25) is 10.0 Å². The summed E-state index contributed by atoms with van der Waals surface area (Å²) >= 11 is 0. The highest BCUT2D eigenvalue weighted by Gasteiger charge is 2.44. The Labute approximate surface area is 286 Å². The SMILES string of the molecule is C=C[C@H](O[Si](C)(C)C(C)(C)C)[C@H](Cc1ccc2ccccc2c1)N(CCCCNC(=O)OC(C)(C)C)S(=O)(=O)c1ccccc1[N+](=O)[O-]. The highest BCUT2D eigenvalue weighted by molar-refractivity contribution is 7.89. The molecule has 0 spiro atoms. The van der Waals surface area contributed by atoms with Gasteiger partial charge < -0.3 is 14.5 Å². The third-order valence-electron chi connectivity index (χ3n) is 8.60. The number of hydrogen-bond acceptors (Lipinski definition) is 7. The second-order valence-corrected chi connectivity index (χ2v) is 21.1. The van der Waals surface area contributed by atoms with Crippen molar-refractivity contribution >= 4 is 40.9 Å². The van der Waals surface area contributed by atoms with Gasteiger partial charge >= 0.3 is 6.09 Å². The second-order valence-electron chi connectivity index (χ2n) is 14.5. The van der Waals surface area contributed by atoms with Gasteiger partial charge in [0.05, 0.1) is 17.1 Å². The third-order valence-corrected chi connectivity index (χ3v) is 15.0. The number of carbonyl (C=O) groups excluding carboxylic acids is 1. The fourth-order valence-electron chi connectivity index (χ4n) is 5.10. The van der Waals surface area contributed by atoms with Crippen LogP contribution in [0.1, 0.15) is 59.9 Å². The van der Waals surface area contributed by atoms with Crippen LogP contribution in [0.15, 0.2) is 84.3 Å². The molecule has 0 bridgehead atoms. The minimum absolute atomic E-state index is 0.0217. The zero-order valence-corrected chi connectivity index (χ0v) is 31.3. The fourth-order valence-corrected chi connectivity index (χ4v) is 8.22. The number of para-hydroxylation sites is 1. The Bertz CT molecular complexity index is 1700. The molecule has 0 unspecified atom stereocenters. The Hall–Kier alpha value is -3.58. The van der Waals surface area contributed by atoms with Crippen molar-refractivity contribution in [2.75, 3.05) is 13.1 Å². The van der Waals surface area contributed by atoms with E-state index in [1.165, 1.54) is 28.6 Å². The Morgan fingerprint density at radius 3 is 2.23 bits per heavy atom. The minimum atomic E-state index is -4.44. The molecule has 0 aromatic heterocycles. The molecule has 10 nitrogen and oxygen atoms in total. The van der Waals surface area contributed by atoms with Crippen LogP contribution in [-0.4, -0.2) is 62.9 Å². The normalized spacial score (nSPS) is 14.0. The van der Waals surface area contributed by atoms with Gasteiger partial charge in [0, 0.05) is 19.2 Å². The maximum Gasteiger partial charge on any atom is 0.407 e. The molecule has 0 radical (unpaired) electrons. The number of nitro groups is 1. The van der Waals surface area contributed by atoms with Crippen LogP contribution in [0, 0.1) is 10.1 Å². The first kappa shape index (κ1) is 38.9. The molecule has 0 aliphatic carbocycles. The van der Waals surface area contributed by atoms with Crippen LogP contribution in [0.25, 0.3) is 10.8 Å². The molecule has 1 N–H and O–H groups in total. The predicted octanol–water partition coefficient (Wildman–Crippen LogP) is 8.23. The summed E-state index contributed by atoms with van der Waals surface area (Å²) in [6.07, 6.45) is 1.43. The summed E-state index contributed by atoms with van der Waals surface area (Å²) in [5.41, 5.74) is -0.267. The lowest BCUT2D eigenvalue weighted by atomic mass is 9.98. The molecule has 3 rings (SSSR count). The fraction of sp³-hybridized carbons (Fsp3) is 0.472. The summed E-state index contributed by atoms with van der Waals surface area (Å²) in [4.78, 5) is 23.2. The molecule has 2 atom stereocenters. The van der Waals surface area contributed by atoms with Crippen LogP contribution in [0.2, 0.25) is 18.1 Å². The molecular formula is C36H51N3O7SSi. The number of nitro benzene ring substituents is 1. The van der Waals surface area contributed by atoms with Gasteiger partial charge in [-0.3, -0.25) is 10.1 Å². The quantitative estimate of drug-likeness (QED) is 0.0557. The molecule has 0 heterocycles. The zero-order valence-electron chi connectivity index (χ0n) is 29.5. The number of carbonyl (C=O) groups is 1. The number of amides is 1. The molecule has 0 saturated heterocycles. The van der Waals surface area contributed by atoms with E-state index in [0.717, 1.165) is 16.3 Å². The average Bonchev–Trinajstić information content (AvgIpc) is 2.99. The van der Waals surface area contributed by atoms with Gasteiger partial charge in [-0.25, -0.2) is 13.2 Å². The number of rotatable bonds is 15. The maximum absolute atomic E-state index is 14.7. The van der Waals surface area contributed by atoms with E-state index in [1.807, 2.05) is 42.5 Å². The number of alkyl carbamates (subject to hydrolysis) is 1. The van der Waals surface area contributed by atoms with E-state index in [2.05, 4.69) is 45.8 Å². The van der Waals surface area contributed by atoms with Crippen LogP contribution >= 0.6 is 0 Å². The number of nitrogens with zero attached hydrogens (tertiary/aromatic N) is 2. The zero-order chi connectivity index (χ0) is 35.9. The Kier molecular flexibility index (Phi) is 12.8. The van der Waals surface area contributed by atoms with Crippen molar-refractivity contribution in [3.63, 3.8) is 0 Å². The highest BCUT2D eigenvalue weighted by atomic mass is 32.2. The molecule has 3 aromatic rings. The molecular weight excluding hydrogens is 647 g/mol. The summed E-state index contributed by atoms with van der Waals surface area (Å²) in [6.45, 7) is 20.2. The summed E-state index contributed by atoms with van der Waals surface area (Å²) in [5.74, 6) is 0. The van der Waals surface area contributed by atoms with Crippen LogP contribution in [0.3, 0.4) is 0 Å². The van der Waals surface area contributed by atoms with E-state index in [0.29, 0.717) is 12.8 Å². The third kappa shape index (κ3) is 10.2. The van der Waals surface area contributed by atoms with E-state index in [9.17, 15) is 23.3 Å². The van der Waals surface area contributed by atoms with Crippen molar-refractivity contribution in [2.45, 2.75) is 102 Å². The van der Waals surface area contributed by atoms with Gasteiger partial charge in [0.1, 0.15) is 5.60 Å². The lowest BCUT2D eigenvalue weighted by molar-refractivity contribution is -0.387. The summed E-state index contributed by atoms with van der Waals surface area (Å²) in [5, 5.41) is 16.7. The predicted molar refractivity (Wildman–Crippen MR) is 194 cm³/mol. The lowest BCUT2D eigenvalue weighted by Gasteiger charge is -2.43. The number of benzene rings is 3. The van der Waals surface area contributed by atoms with Crippen molar-refractivity contribution < 1.29 is 27.3 Å². The number of sulfonamides is 1. The van der Waals surface area contributed by atoms with Gasteiger partial charge in [0.15, 0.2) is 13.2 Å². The summed E-state index contributed by atoms with van der Waals surface area (Å²) < 4.78 is 42.9. The summed E-state index contributed by atoms with van der Waals surface area (Å²) in [6, 6.07) is 18.6. The monoisotopic (exact) mass is 697 g/mol. The molecule has 0 fully saturated rings. The molecule has 0 aliphatic heterocycles. The first-order valence-corrected chi connectivity index (χ1v) is 20.6. The molecule has 262 valence electrons. The molecule has 48 heavy (non-hydrogen) atoms. The first-order chi connectivity index (χ1) is 22.3. The maximum atomic E-state index is 14.7. The van der Waals surface area contributed by atoms with E-state index < -0.39 is 52.8 Å². The van der Waals surface area contributed by atoms with Crippen molar-refractivity contribution in [3.05, 3.63) is 95.1 Å². The highest BCUT2D eigenvalue weighted by Crippen LogP contribution is 2.39. The Balaban J connectivity index is 2.11. The van der Waals surface area contributed by atoms with Crippen LogP contribution in [-0.2, 0) is 25.6 Å². The van der Waals surface area contributed by atoms with Crippen molar-refractivity contribution in [2.24, 2.45) is 0 Å². The summed E-state index contributed by atoms with van der Waals surface area (Å²) in [7, 11) is -6.91. The number of hydrogen-bond donors (Lipinski definition) is 1. The second kappa shape index (κ2) is 15.8. The molecule has 0 aliphatic rings. The van der Waals surface area contributed by atoms with Gasteiger partial charge in [-0.15, -0.1) is 6.58 Å². The van der Waals surface area contributed by atoms with Gasteiger partial charge in [0.25, 0.3) is 5.69 Å². The van der Waals surface area contributed by atoms with E-state index in [4.69, 9.17) is 9.16 Å². The van der Waals surface area contributed by atoms with Gasteiger partial charge in [-0.1, -0.05) is 81.4 Å². The van der Waals surface area contributed by atoms with Crippen molar-refractivity contribution in [1.82, 2.24) is 9.62 Å². The van der Waals surface area contributed by atoms with Crippen LogP contribution in [0.4, 0.5) is 10.5 Å². The largest absolute Gasteiger partial charge is 0.444 e. The lowest BCUT2D eigenvalue weighted by Crippen LogP contribution is -2.53. The minimum Gasteiger partial charge on any atom is -0.444 e. The van der Waals surface area contributed by atoms with Crippen molar-refractivity contribution in [3.8, 4) is 0 Å². The topological polar surface area (TPSA) is 128 Å². The van der Waals surface area contributed by atoms with Gasteiger partial charge in [-0.2, -0.15) is 4.31 Å². The molecule has 0 saturated carbocycles. The standard InChI is InChI=1S/C36H51N3O7SSi/c1-10-32(46-48(8,9)36(5,6)7)31(26-27-21-22-28-17-11-12-18-29(28)25-27)38(24-16-15-23-37-34(40)45-35(2,3)4)47(43,44)33-20-14-13-19-30(33)39(41)42/h10-14,17-22,25,31-32H,1,15-16,23-24,26H2,2-9H3,(H,37,40)/t31-,32-/m0/s1. The number of ether oxygens (including phenoxy) is 1. The van der Waals surface area contributed by atoms with Gasteiger partial charge in [-0.05, 0) is 80.6 Å². The van der Waals surface area contributed by atoms with E-state index in [1.54, 1.807) is 26.8 Å².